The molecule has 1 rings (SSSR count). The molecule has 2 heteroatoms. The summed E-state index contributed by atoms with van der Waals surface area (Å²) in [4.78, 5) is 0. The van der Waals surface area contributed by atoms with Gasteiger partial charge in [0.1, 0.15) is 5.75 Å². The lowest BCUT2D eigenvalue weighted by Gasteiger charge is -1.99. The van der Waals surface area contributed by atoms with Crippen molar-refractivity contribution in [1.29, 1.82) is 0 Å². The van der Waals surface area contributed by atoms with Gasteiger partial charge in [0.05, 0.1) is 0 Å². The van der Waals surface area contributed by atoms with Crippen LogP contribution in [-0.2, 0) is 0 Å². The predicted octanol–water partition coefficient (Wildman–Crippen LogP) is 1.63. The fourth-order valence-corrected chi connectivity index (χ4v) is 0.911. The Morgan fingerprint density at radius 3 is 2.82 bits per heavy atom. The molecule has 0 heterocycles. The van der Waals surface area contributed by atoms with Crippen molar-refractivity contribution < 1.29 is 5.11 Å². The van der Waals surface area contributed by atoms with E-state index in [2.05, 4.69) is 0 Å². The average molecular weight is 149 g/mol. The van der Waals surface area contributed by atoms with Crippen molar-refractivity contribution in [3.8, 4) is 5.75 Å². The number of hydrogen-bond acceptors (Lipinski definition) is 2. The molecule has 0 bridgehead atoms. The molecule has 0 aliphatic heterocycles. The fraction of sp³-hybridized carbons (Fsp3) is 0.111. The van der Waals surface area contributed by atoms with Crippen LogP contribution in [0.1, 0.15) is 11.1 Å². The second kappa shape index (κ2) is 3.10. The van der Waals surface area contributed by atoms with Gasteiger partial charge < -0.3 is 10.8 Å². The summed E-state index contributed by atoms with van der Waals surface area (Å²) in [6, 6.07) is 5.19. The first-order chi connectivity index (χ1) is 5.24. The Morgan fingerprint density at radius 2 is 2.18 bits per heavy atom. The molecule has 1 aromatic carbocycles. The van der Waals surface area contributed by atoms with Crippen LogP contribution in [0.4, 0.5) is 0 Å². The van der Waals surface area contributed by atoms with Gasteiger partial charge in [-0.15, -0.1) is 0 Å². The molecule has 0 saturated heterocycles. The molecule has 0 aromatic heterocycles. The molecule has 3 N–H and O–H groups in total. The first kappa shape index (κ1) is 7.66. The van der Waals surface area contributed by atoms with Gasteiger partial charge in [-0.3, -0.25) is 0 Å². The van der Waals surface area contributed by atoms with Gasteiger partial charge >= 0.3 is 0 Å². The molecule has 0 aliphatic carbocycles. The Labute approximate surface area is 66.0 Å². The molecular weight excluding hydrogens is 138 g/mol. The van der Waals surface area contributed by atoms with Gasteiger partial charge in [-0.1, -0.05) is 6.07 Å². The Bertz CT molecular complexity index is 279. The van der Waals surface area contributed by atoms with Gasteiger partial charge in [-0.05, 0) is 42.5 Å². The monoisotopic (exact) mass is 149 g/mol. The zero-order valence-electron chi connectivity index (χ0n) is 6.41. The van der Waals surface area contributed by atoms with E-state index in [4.69, 9.17) is 10.8 Å². The van der Waals surface area contributed by atoms with E-state index in [1.54, 1.807) is 18.2 Å². The lowest BCUT2D eigenvalue weighted by atomic mass is 10.1. The third kappa shape index (κ3) is 1.74. The second-order valence-electron chi connectivity index (χ2n) is 2.40. The largest absolute Gasteiger partial charge is 0.508 e. The minimum Gasteiger partial charge on any atom is -0.508 e. The lowest BCUT2D eigenvalue weighted by molar-refractivity contribution is 0.475. The quantitative estimate of drug-likeness (QED) is 0.637. The normalized spacial score (nSPS) is 10.6. The summed E-state index contributed by atoms with van der Waals surface area (Å²) in [5.74, 6) is 0.267. The SMILES string of the molecule is Cc1ccc(O)cc1/C=C\N. The number of phenols is 1. The van der Waals surface area contributed by atoms with Gasteiger partial charge in [0, 0.05) is 0 Å². The minimum atomic E-state index is 0.267. The van der Waals surface area contributed by atoms with E-state index < -0.39 is 0 Å². The number of rotatable bonds is 1. The van der Waals surface area contributed by atoms with Crippen LogP contribution < -0.4 is 5.73 Å². The highest BCUT2D eigenvalue weighted by atomic mass is 16.3. The maximum Gasteiger partial charge on any atom is 0.116 e. The highest BCUT2D eigenvalue weighted by Gasteiger charge is 1.94. The Hall–Kier alpha value is -1.44. The van der Waals surface area contributed by atoms with Crippen molar-refractivity contribution in [3.63, 3.8) is 0 Å². The second-order valence-corrected chi connectivity index (χ2v) is 2.40. The van der Waals surface area contributed by atoms with Crippen molar-refractivity contribution >= 4 is 6.08 Å². The summed E-state index contributed by atoms with van der Waals surface area (Å²) in [5, 5.41) is 9.09. The Kier molecular flexibility index (Phi) is 2.16. The topological polar surface area (TPSA) is 46.2 Å². The van der Waals surface area contributed by atoms with Crippen molar-refractivity contribution in [2.75, 3.05) is 0 Å². The van der Waals surface area contributed by atoms with Crippen LogP contribution in [0.25, 0.3) is 6.08 Å². The van der Waals surface area contributed by atoms with E-state index in [-0.39, 0.29) is 5.75 Å². The molecule has 0 radical (unpaired) electrons. The van der Waals surface area contributed by atoms with Crippen LogP contribution in [0, 0.1) is 6.92 Å². The molecule has 0 amide bonds. The van der Waals surface area contributed by atoms with Gasteiger partial charge in [0.15, 0.2) is 0 Å². The van der Waals surface area contributed by atoms with E-state index in [1.165, 1.54) is 6.20 Å². The third-order valence-corrected chi connectivity index (χ3v) is 1.54. The van der Waals surface area contributed by atoms with Crippen LogP contribution >= 0.6 is 0 Å². The predicted molar refractivity (Wildman–Crippen MR) is 46.1 cm³/mol. The number of aromatic hydroxyl groups is 1. The summed E-state index contributed by atoms with van der Waals surface area (Å²) in [6.45, 7) is 1.97. The van der Waals surface area contributed by atoms with E-state index >= 15 is 0 Å². The highest BCUT2D eigenvalue weighted by Crippen LogP contribution is 2.16. The number of phenolic OH excluding ortho intramolecular Hbond substituents is 1. The standard InChI is InChI=1S/C9H11NO/c1-7-2-3-9(11)6-8(7)4-5-10/h2-6,11H,10H2,1H3/b5-4-. The van der Waals surface area contributed by atoms with E-state index in [0.29, 0.717) is 0 Å². The van der Waals surface area contributed by atoms with Gasteiger partial charge in [0.2, 0.25) is 0 Å². The molecule has 1 aromatic rings. The van der Waals surface area contributed by atoms with Crippen LogP contribution in [-0.4, -0.2) is 5.11 Å². The summed E-state index contributed by atoms with van der Waals surface area (Å²) in [5.41, 5.74) is 7.27. The average Bonchev–Trinajstić information content (AvgIpc) is 1.98. The zero-order chi connectivity index (χ0) is 8.27. The van der Waals surface area contributed by atoms with Crippen molar-refractivity contribution in [2.45, 2.75) is 6.92 Å². The first-order valence-corrected chi connectivity index (χ1v) is 3.42. The molecule has 11 heavy (non-hydrogen) atoms. The minimum absolute atomic E-state index is 0.267. The molecule has 0 aliphatic rings. The molecule has 0 saturated carbocycles. The molecule has 0 fully saturated rings. The Balaban J connectivity index is 3.12. The van der Waals surface area contributed by atoms with Crippen LogP contribution in [0.5, 0.6) is 5.75 Å². The smallest absolute Gasteiger partial charge is 0.116 e. The van der Waals surface area contributed by atoms with Gasteiger partial charge in [0.25, 0.3) is 0 Å². The summed E-state index contributed by atoms with van der Waals surface area (Å²) >= 11 is 0. The van der Waals surface area contributed by atoms with Gasteiger partial charge in [-0.2, -0.15) is 0 Å². The number of nitrogens with two attached hydrogens (primary N) is 1. The molecule has 58 valence electrons. The molecular formula is C9H11NO. The molecule has 0 atom stereocenters. The first-order valence-electron chi connectivity index (χ1n) is 3.42. The van der Waals surface area contributed by atoms with E-state index in [9.17, 15) is 0 Å². The number of benzene rings is 1. The summed E-state index contributed by atoms with van der Waals surface area (Å²) in [6.07, 6.45) is 3.22. The Morgan fingerprint density at radius 1 is 1.45 bits per heavy atom. The van der Waals surface area contributed by atoms with Crippen molar-refractivity contribution in [2.24, 2.45) is 5.73 Å². The maximum atomic E-state index is 9.09. The van der Waals surface area contributed by atoms with Crippen LogP contribution in [0.15, 0.2) is 24.4 Å². The number of aryl methyl sites for hydroxylation is 1. The highest BCUT2D eigenvalue weighted by molar-refractivity contribution is 5.55. The zero-order valence-corrected chi connectivity index (χ0v) is 6.41. The lowest BCUT2D eigenvalue weighted by Crippen LogP contribution is -1.82. The van der Waals surface area contributed by atoms with Crippen molar-refractivity contribution in [3.05, 3.63) is 35.5 Å². The van der Waals surface area contributed by atoms with Crippen LogP contribution in [0.3, 0.4) is 0 Å². The fourth-order valence-electron chi connectivity index (χ4n) is 0.911. The summed E-state index contributed by atoms with van der Waals surface area (Å²) < 4.78 is 0. The molecule has 2 nitrogen and oxygen atoms in total. The summed E-state index contributed by atoms with van der Waals surface area (Å²) in [7, 11) is 0. The molecule has 0 spiro atoms. The number of hydrogen-bond donors (Lipinski definition) is 2. The van der Waals surface area contributed by atoms with Crippen molar-refractivity contribution in [1.82, 2.24) is 0 Å². The third-order valence-electron chi connectivity index (χ3n) is 1.54. The maximum absolute atomic E-state index is 9.09. The molecule has 0 unspecified atom stereocenters. The van der Waals surface area contributed by atoms with E-state index in [0.717, 1.165) is 11.1 Å². The van der Waals surface area contributed by atoms with E-state index in [1.807, 2.05) is 13.0 Å². The van der Waals surface area contributed by atoms with Crippen LogP contribution in [0.2, 0.25) is 0 Å². The van der Waals surface area contributed by atoms with Gasteiger partial charge in [-0.25, -0.2) is 0 Å².